The van der Waals surface area contributed by atoms with Gasteiger partial charge in [0.2, 0.25) is 0 Å². The molecule has 2 heterocycles. The van der Waals surface area contributed by atoms with Gasteiger partial charge in [-0.15, -0.1) is 0 Å². The fraction of sp³-hybridized carbons (Fsp3) is 0.583. The maximum Gasteiger partial charge on any atom is 0.161 e. The van der Waals surface area contributed by atoms with Crippen LogP contribution in [-0.2, 0) is 12.8 Å². The van der Waals surface area contributed by atoms with Crippen LogP contribution < -0.4 is 9.47 Å². The van der Waals surface area contributed by atoms with Crippen LogP contribution in [0.5, 0.6) is 11.5 Å². The largest absolute Gasteiger partial charge is 0.493 e. The van der Waals surface area contributed by atoms with Crippen LogP contribution in [0.4, 0.5) is 0 Å². The van der Waals surface area contributed by atoms with Gasteiger partial charge in [0.05, 0.1) is 13.7 Å². The first kappa shape index (κ1) is 20.1. The van der Waals surface area contributed by atoms with E-state index < -0.39 is 0 Å². The zero-order valence-electron chi connectivity index (χ0n) is 17.6. The molecule has 0 radical (unpaired) electrons. The molecule has 0 N–H and O–H groups in total. The molecule has 0 amide bonds. The van der Waals surface area contributed by atoms with Crippen molar-refractivity contribution in [1.82, 2.24) is 14.9 Å². The van der Waals surface area contributed by atoms with Gasteiger partial charge in [-0.1, -0.05) is 25.3 Å². The normalized spacial score (nSPS) is 17.3. The van der Waals surface area contributed by atoms with Crippen LogP contribution in [0.2, 0.25) is 0 Å². The van der Waals surface area contributed by atoms with E-state index >= 15 is 0 Å². The van der Waals surface area contributed by atoms with Gasteiger partial charge in [0.15, 0.2) is 11.5 Å². The maximum atomic E-state index is 6.07. The van der Waals surface area contributed by atoms with Crippen molar-refractivity contribution in [3.8, 4) is 11.5 Å². The van der Waals surface area contributed by atoms with Crippen LogP contribution >= 0.6 is 0 Å². The molecule has 1 aromatic carbocycles. The number of hydrogen-bond acceptors (Lipinski definition) is 5. The summed E-state index contributed by atoms with van der Waals surface area (Å²) in [6.45, 7) is 4.30. The summed E-state index contributed by atoms with van der Waals surface area (Å²) in [7, 11) is 1.69. The first-order valence-corrected chi connectivity index (χ1v) is 11.1. The SMILES string of the molecule is COc1ccc(Cc2nccc(CC3CCC3)n2)cc1OCCCN1CCCC1. The number of likely N-dealkylation sites (tertiary alicyclic amines) is 1. The summed E-state index contributed by atoms with van der Waals surface area (Å²) in [4.78, 5) is 11.8. The second kappa shape index (κ2) is 10.1. The van der Waals surface area contributed by atoms with Crippen molar-refractivity contribution in [2.45, 2.75) is 51.4 Å². The van der Waals surface area contributed by atoms with Crippen molar-refractivity contribution in [2.24, 2.45) is 5.92 Å². The van der Waals surface area contributed by atoms with E-state index in [-0.39, 0.29) is 0 Å². The molecule has 1 aliphatic heterocycles. The highest BCUT2D eigenvalue weighted by Crippen LogP contribution is 2.30. The number of hydrogen-bond donors (Lipinski definition) is 0. The van der Waals surface area contributed by atoms with Crippen molar-refractivity contribution < 1.29 is 9.47 Å². The van der Waals surface area contributed by atoms with Gasteiger partial charge < -0.3 is 14.4 Å². The number of methoxy groups -OCH3 is 1. The van der Waals surface area contributed by atoms with Crippen LogP contribution in [0.25, 0.3) is 0 Å². The van der Waals surface area contributed by atoms with E-state index in [1.165, 1.54) is 50.9 Å². The van der Waals surface area contributed by atoms with Crippen LogP contribution in [0.15, 0.2) is 30.5 Å². The lowest BCUT2D eigenvalue weighted by molar-refractivity contribution is 0.254. The van der Waals surface area contributed by atoms with Gasteiger partial charge in [-0.2, -0.15) is 0 Å². The average molecular weight is 396 g/mol. The molecule has 2 aliphatic rings. The minimum atomic E-state index is 0.712. The minimum absolute atomic E-state index is 0.712. The predicted molar refractivity (Wildman–Crippen MR) is 115 cm³/mol. The highest BCUT2D eigenvalue weighted by atomic mass is 16.5. The summed E-state index contributed by atoms with van der Waals surface area (Å²) in [5.41, 5.74) is 2.33. The fourth-order valence-electron chi connectivity index (χ4n) is 4.24. The van der Waals surface area contributed by atoms with Crippen molar-refractivity contribution in [3.05, 3.63) is 47.5 Å². The Morgan fingerprint density at radius 2 is 1.93 bits per heavy atom. The molecule has 5 heteroatoms. The average Bonchev–Trinajstić information content (AvgIpc) is 3.22. The summed E-state index contributed by atoms with van der Waals surface area (Å²) in [6, 6.07) is 8.21. The Labute approximate surface area is 174 Å². The standard InChI is InChI=1S/C24H33N3O2/c1-28-22-9-8-20(17-23(22)29-15-5-14-27-12-2-3-13-27)18-24-25-11-10-21(26-24)16-19-6-4-7-19/h8-11,17,19H,2-7,12-16,18H2,1H3. The van der Waals surface area contributed by atoms with Gasteiger partial charge in [0.25, 0.3) is 0 Å². The first-order chi connectivity index (χ1) is 14.3. The molecule has 5 nitrogen and oxygen atoms in total. The first-order valence-electron chi connectivity index (χ1n) is 11.1. The molecule has 156 valence electrons. The Morgan fingerprint density at radius 1 is 1.07 bits per heavy atom. The minimum Gasteiger partial charge on any atom is -0.493 e. The molecule has 0 atom stereocenters. The highest BCUT2D eigenvalue weighted by Gasteiger charge is 2.18. The summed E-state index contributed by atoms with van der Waals surface area (Å²) in [6.07, 6.45) is 11.5. The van der Waals surface area contributed by atoms with Crippen LogP contribution in [0.3, 0.4) is 0 Å². The lowest BCUT2D eigenvalue weighted by Gasteiger charge is -2.24. The summed E-state index contributed by atoms with van der Waals surface area (Å²) in [5.74, 6) is 3.30. The van der Waals surface area contributed by atoms with Crippen molar-refractivity contribution in [3.63, 3.8) is 0 Å². The Bertz CT molecular complexity index is 785. The number of rotatable bonds is 10. The quantitative estimate of drug-likeness (QED) is 0.562. The number of benzene rings is 1. The summed E-state index contributed by atoms with van der Waals surface area (Å²) >= 11 is 0. The van der Waals surface area contributed by atoms with Gasteiger partial charge in [0.1, 0.15) is 5.82 Å². The summed E-state index contributed by atoms with van der Waals surface area (Å²) < 4.78 is 11.6. The topological polar surface area (TPSA) is 47.5 Å². The van der Waals surface area contributed by atoms with Crippen LogP contribution in [-0.4, -0.2) is 48.2 Å². The monoisotopic (exact) mass is 395 g/mol. The van der Waals surface area contributed by atoms with Gasteiger partial charge in [0, 0.05) is 24.9 Å². The smallest absolute Gasteiger partial charge is 0.161 e. The van der Waals surface area contributed by atoms with Gasteiger partial charge >= 0.3 is 0 Å². The van der Waals surface area contributed by atoms with E-state index in [1.54, 1.807) is 7.11 Å². The molecule has 0 unspecified atom stereocenters. The molecule has 2 fully saturated rings. The van der Waals surface area contributed by atoms with E-state index in [0.29, 0.717) is 13.0 Å². The second-order valence-electron chi connectivity index (χ2n) is 8.38. The number of aromatic nitrogens is 2. The zero-order chi connectivity index (χ0) is 19.9. The molecule has 4 rings (SSSR count). The molecule has 2 aromatic rings. The maximum absolute atomic E-state index is 6.07. The van der Waals surface area contributed by atoms with Gasteiger partial charge in [-0.3, -0.25) is 0 Å². The number of ether oxygens (including phenoxy) is 2. The predicted octanol–water partition coefficient (Wildman–Crippen LogP) is 4.28. The molecule has 1 saturated heterocycles. The van der Waals surface area contributed by atoms with E-state index in [1.807, 2.05) is 12.3 Å². The Kier molecular flexibility index (Phi) is 6.99. The molecular formula is C24H33N3O2. The van der Waals surface area contributed by atoms with Crippen molar-refractivity contribution in [2.75, 3.05) is 33.4 Å². The number of nitrogens with zero attached hydrogens (tertiary/aromatic N) is 3. The van der Waals surface area contributed by atoms with E-state index in [2.05, 4.69) is 28.1 Å². The third-order valence-electron chi connectivity index (χ3n) is 6.15. The third-order valence-corrected chi connectivity index (χ3v) is 6.15. The third kappa shape index (κ3) is 5.69. The van der Waals surface area contributed by atoms with Crippen LogP contribution in [0, 0.1) is 5.92 Å². The lowest BCUT2D eigenvalue weighted by Crippen LogP contribution is -2.21. The lowest BCUT2D eigenvalue weighted by atomic mass is 9.82. The molecule has 0 spiro atoms. The zero-order valence-corrected chi connectivity index (χ0v) is 17.6. The molecule has 1 saturated carbocycles. The fourth-order valence-corrected chi connectivity index (χ4v) is 4.24. The van der Waals surface area contributed by atoms with E-state index in [4.69, 9.17) is 14.5 Å². The van der Waals surface area contributed by atoms with Gasteiger partial charge in [-0.25, -0.2) is 9.97 Å². The molecule has 1 aliphatic carbocycles. The Balaban J connectivity index is 1.34. The van der Waals surface area contributed by atoms with Gasteiger partial charge in [-0.05, 0) is 68.5 Å². The molecule has 1 aromatic heterocycles. The van der Waals surface area contributed by atoms with Crippen molar-refractivity contribution in [1.29, 1.82) is 0 Å². The molecule has 0 bridgehead atoms. The highest BCUT2D eigenvalue weighted by molar-refractivity contribution is 5.43. The molecule has 29 heavy (non-hydrogen) atoms. The second-order valence-corrected chi connectivity index (χ2v) is 8.38. The molecular weight excluding hydrogens is 362 g/mol. The Hall–Kier alpha value is -2.14. The van der Waals surface area contributed by atoms with E-state index in [9.17, 15) is 0 Å². The van der Waals surface area contributed by atoms with Crippen LogP contribution in [0.1, 0.15) is 55.6 Å². The van der Waals surface area contributed by atoms with Crippen molar-refractivity contribution >= 4 is 0 Å². The Morgan fingerprint density at radius 3 is 2.69 bits per heavy atom. The van der Waals surface area contributed by atoms with E-state index in [0.717, 1.165) is 48.2 Å². The summed E-state index contributed by atoms with van der Waals surface area (Å²) in [5, 5.41) is 0.